The Morgan fingerprint density at radius 1 is 1.38 bits per heavy atom. The van der Waals surface area contributed by atoms with Gasteiger partial charge in [0.2, 0.25) is 0 Å². The first-order chi connectivity index (χ1) is 9.99. The summed E-state index contributed by atoms with van der Waals surface area (Å²) in [7, 11) is 2.08. The summed E-state index contributed by atoms with van der Waals surface area (Å²) in [6, 6.07) is 6.07. The van der Waals surface area contributed by atoms with E-state index in [4.69, 9.17) is 16.7 Å². The Labute approximate surface area is 131 Å². The Hall–Kier alpha value is -1.48. The first-order valence-electron chi connectivity index (χ1n) is 7.42. The van der Waals surface area contributed by atoms with Gasteiger partial charge in [-0.2, -0.15) is 0 Å². The van der Waals surface area contributed by atoms with Crippen LogP contribution < -0.4 is 4.90 Å². The molecule has 0 aromatic heterocycles. The molecule has 1 N–H and O–H groups in total. The van der Waals surface area contributed by atoms with Crippen molar-refractivity contribution in [1.82, 2.24) is 0 Å². The first kappa shape index (κ1) is 15.9. The number of carboxylic acids is 1. The minimum Gasteiger partial charge on any atom is -0.478 e. The van der Waals surface area contributed by atoms with E-state index in [1.807, 2.05) is 12.1 Å². The Morgan fingerprint density at radius 3 is 2.76 bits per heavy atom. The summed E-state index contributed by atoms with van der Waals surface area (Å²) in [6.07, 6.45) is 7.78. The number of carbonyl (C=O) groups is 1. The number of rotatable bonds is 4. The Bertz CT molecular complexity index is 542. The van der Waals surface area contributed by atoms with Crippen LogP contribution in [-0.4, -0.2) is 24.2 Å². The lowest BCUT2D eigenvalue weighted by Crippen LogP contribution is -2.39. The van der Waals surface area contributed by atoms with Gasteiger partial charge in [0.25, 0.3) is 0 Å². The molecule has 1 fully saturated rings. The van der Waals surface area contributed by atoms with E-state index in [2.05, 4.69) is 18.9 Å². The van der Waals surface area contributed by atoms with Crippen LogP contribution in [0.3, 0.4) is 0 Å². The zero-order valence-corrected chi connectivity index (χ0v) is 13.3. The zero-order valence-electron chi connectivity index (χ0n) is 12.6. The molecule has 0 heterocycles. The standard InChI is InChI=1S/C17H22ClNO2/c1-12-5-3-4-6-15(12)19(2)16-11-14(18)9-7-13(16)8-10-17(20)21/h7-12,15H,3-6H2,1-2H3,(H,20,21)/b10-8+. The lowest BCUT2D eigenvalue weighted by Gasteiger charge is -2.38. The van der Waals surface area contributed by atoms with Crippen LogP contribution in [-0.2, 0) is 4.79 Å². The third kappa shape index (κ3) is 4.01. The molecule has 1 aromatic rings. The second kappa shape index (κ2) is 6.99. The van der Waals surface area contributed by atoms with Crippen molar-refractivity contribution in [3.8, 4) is 0 Å². The van der Waals surface area contributed by atoms with E-state index < -0.39 is 5.97 Å². The van der Waals surface area contributed by atoms with Gasteiger partial charge in [0, 0.05) is 29.9 Å². The smallest absolute Gasteiger partial charge is 0.328 e. The van der Waals surface area contributed by atoms with Crippen molar-refractivity contribution >= 4 is 29.3 Å². The number of halogens is 1. The Morgan fingerprint density at radius 2 is 2.10 bits per heavy atom. The van der Waals surface area contributed by atoms with Gasteiger partial charge in [-0.05, 0) is 42.5 Å². The van der Waals surface area contributed by atoms with Crippen molar-refractivity contribution in [3.05, 3.63) is 34.9 Å². The highest BCUT2D eigenvalue weighted by Crippen LogP contribution is 2.33. The van der Waals surface area contributed by atoms with Crippen molar-refractivity contribution in [2.75, 3.05) is 11.9 Å². The first-order valence-corrected chi connectivity index (χ1v) is 7.80. The third-order valence-electron chi connectivity index (χ3n) is 4.34. The van der Waals surface area contributed by atoms with Gasteiger partial charge in [-0.1, -0.05) is 37.4 Å². The second-order valence-corrected chi connectivity index (χ2v) is 6.25. The number of nitrogens with zero attached hydrogens (tertiary/aromatic N) is 1. The van der Waals surface area contributed by atoms with Crippen LogP contribution in [0.25, 0.3) is 6.08 Å². The van der Waals surface area contributed by atoms with E-state index in [0.717, 1.165) is 11.3 Å². The number of benzene rings is 1. The highest BCUT2D eigenvalue weighted by molar-refractivity contribution is 6.31. The van der Waals surface area contributed by atoms with E-state index in [1.54, 1.807) is 12.1 Å². The summed E-state index contributed by atoms with van der Waals surface area (Å²) in [5.41, 5.74) is 1.89. The molecule has 0 aliphatic heterocycles. The van der Waals surface area contributed by atoms with E-state index >= 15 is 0 Å². The summed E-state index contributed by atoms with van der Waals surface area (Å²) >= 11 is 6.13. The summed E-state index contributed by atoms with van der Waals surface area (Å²) < 4.78 is 0. The molecule has 0 radical (unpaired) electrons. The van der Waals surface area contributed by atoms with Crippen LogP contribution in [0.2, 0.25) is 5.02 Å². The molecule has 0 saturated heterocycles. The molecular formula is C17H22ClNO2. The lowest BCUT2D eigenvalue weighted by atomic mass is 9.84. The average molecular weight is 308 g/mol. The molecule has 2 atom stereocenters. The summed E-state index contributed by atoms with van der Waals surface area (Å²) in [5, 5.41) is 9.50. The molecule has 21 heavy (non-hydrogen) atoms. The SMILES string of the molecule is CC1CCCCC1N(C)c1cc(Cl)ccc1/C=C/C(=O)O. The van der Waals surface area contributed by atoms with Crippen LogP contribution in [0.1, 0.15) is 38.2 Å². The minimum absolute atomic E-state index is 0.481. The highest BCUT2D eigenvalue weighted by Gasteiger charge is 2.26. The van der Waals surface area contributed by atoms with Crippen molar-refractivity contribution in [2.45, 2.75) is 38.6 Å². The molecule has 2 rings (SSSR count). The Kier molecular flexibility index (Phi) is 5.29. The fourth-order valence-electron chi connectivity index (χ4n) is 3.17. The van der Waals surface area contributed by atoms with Crippen molar-refractivity contribution < 1.29 is 9.90 Å². The maximum absolute atomic E-state index is 10.7. The predicted octanol–water partition coefficient (Wildman–Crippen LogP) is 4.45. The number of carboxylic acid groups (broad SMARTS) is 1. The van der Waals surface area contributed by atoms with Crippen LogP contribution in [0, 0.1) is 5.92 Å². The van der Waals surface area contributed by atoms with Gasteiger partial charge in [0.05, 0.1) is 0 Å². The normalized spacial score (nSPS) is 22.4. The molecule has 0 amide bonds. The van der Waals surface area contributed by atoms with E-state index in [-0.39, 0.29) is 0 Å². The second-order valence-electron chi connectivity index (χ2n) is 5.81. The third-order valence-corrected chi connectivity index (χ3v) is 4.58. The topological polar surface area (TPSA) is 40.5 Å². The molecule has 4 heteroatoms. The molecule has 1 saturated carbocycles. The average Bonchev–Trinajstić information content (AvgIpc) is 2.45. The largest absolute Gasteiger partial charge is 0.478 e. The Balaban J connectivity index is 2.31. The number of hydrogen-bond acceptors (Lipinski definition) is 2. The van der Waals surface area contributed by atoms with Crippen LogP contribution in [0.15, 0.2) is 24.3 Å². The maximum atomic E-state index is 10.7. The van der Waals surface area contributed by atoms with Gasteiger partial charge in [-0.25, -0.2) is 4.79 Å². The molecule has 0 spiro atoms. The van der Waals surface area contributed by atoms with E-state index in [1.165, 1.54) is 31.8 Å². The molecular weight excluding hydrogens is 286 g/mol. The molecule has 1 aliphatic rings. The summed E-state index contributed by atoms with van der Waals surface area (Å²) in [4.78, 5) is 13.0. The highest BCUT2D eigenvalue weighted by atomic mass is 35.5. The van der Waals surface area contributed by atoms with Gasteiger partial charge in [-0.3, -0.25) is 0 Å². The fourth-order valence-corrected chi connectivity index (χ4v) is 3.34. The van der Waals surface area contributed by atoms with Crippen molar-refractivity contribution in [2.24, 2.45) is 5.92 Å². The molecule has 2 unspecified atom stereocenters. The van der Waals surface area contributed by atoms with Gasteiger partial charge < -0.3 is 10.0 Å². The maximum Gasteiger partial charge on any atom is 0.328 e. The molecule has 1 aliphatic carbocycles. The monoisotopic (exact) mass is 307 g/mol. The summed E-state index contributed by atoms with van der Waals surface area (Å²) in [6.45, 7) is 2.29. The van der Waals surface area contributed by atoms with Crippen molar-refractivity contribution in [1.29, 1.82) is 0 Å². The molecule has 3 nitrogen and oxygen atoms in total. The van der Waals surface area contributed by atoms with Gasteiger partial charge in [-0.15, -0.1) is 0 Å². The van der Waals surface area contributed by atoms with Crippen LogP contribution in [0.5, 0.6) is 0 Å². The van der Waals surface area contributed by atoms with Gasteiger partial charge in [0.15, 0.2) is 0 Å². The number of anilines is 1. The fraction of sp³-hybridized carbons (Fsp3) is 0.471. The quantitative estimate of drug-likeness (QED) is 0.835. The molecule has 114 valence electrons. The lowest BCUT2D eigenvalue weighted by molar-refractivity contribution is -0.131. The van der Waals surface area contributed by atoms with Gasteiger partial charge in [0.1, 0.15) is 0 Å². The van der Waals surface area contributed by atoms with E-state index in [0.29, 0.717) is 17.0 Å². The minimum atomic E-state index is -0.940. The summed E-state index contributed by atoms with van der Waals surface area (Å²) in [5.74, 6) is -0.302. The number of aliphatic carboxylic acids is 1. The van der Waals surface area contributed by atoms with E-state index in [9.17, 15) is 4.79 Å². The van der Waals surface area contributed by atoms with Crippen LogP contribution in [0.4, 0.5) is 5.69 Å². The molecule has 1 aromatic carbocycles. The van der Waals surface area contributed by atoms with Crippen LogP contribution >= 0.6 is 11.6 Å². The van der Waals surface area contributed by atoms with Crippen molar-refractivity contribution in [3.63, 3.8) is 0 Å². The number of hydrogen-bond donors (Lipinski definition) is 1. The zero-order chi connectivity index (χ0) is 15.4. The molecule has 0 bridgehead atoms. The predicted molar refractivity (Wildman–Crippen MR) is 87.9 cm³/mol. The van der Waals surface area contributed by atoms with Gasteiger partial charge >= 0.3 is 5.97 Å².